The molecule has 21 heavy (non-hydrogen) atoms. The molecule has 0 radical (unpaired) electrons. The van der Waals surface area contributed by atoms with Gasteiger partial charge in [0.1, 0.15) is 5.69 Å². The number of nitrogens with one attached hydrogen (secondary N) is 1. The van der Waals surface area contributed by atoms with Crippen LogP contribution in [0.2, 0.25) is 0 Å². The lowest BCUT2D eigenvalue weighted by molar-refractivity contribution is -0.384. The summed E-state index contributed by atoms with van der Waals surface area (Å²) in [7, 11) is -0.0219. The number of anilines is 1. The quantitative estimate of drug-likeness (QED) is 0.436. The smallest absolute Gasteiger partial charge is 0.293 e. The second-order valence-corrected chi connectivity index (χ2v) is 6.81. The van der Waals surface area contributed by atoms with Gasteiger partial charge in [0, 0.05) is 12.1 Å². The number of hydrogen-bond donors (Lipinski definition) is 2. The Bertz CT molecular complexity index is 616. The lowest BCUT2D eigenvalue weighted by atomic mass is 10.2. The molecule has 1 aromatic rings. The minimum atomic E-state index is -3.81. The van der Waals surface area contributed by atoms with E-state index in [0.29, 0.717) is 6.42 Å². The molecule has 0 spiro atoms. The van der Waals surface area contributed by atoms with Crippen LogP contribution < -0.4 is 10.5 Å². The van der Waals surface area contributed by atoms with Gasteiger partial charge in [0.05, 0.1) is 9.82 Å². The van der Waals surface area contributed by atoms with Crippen molar-refractivity contribution in [1.82, 2.24) is 9.62 Å². The Hall–Kier alpha value is -1.71. The molecule has 0 aliphatic carbocycles. The van der Waals surface area contributed by atoms with Gasteiger partial charge >= 0.3 is 0 Å². The predicted molar refractivity (Wildman–Crippen MR) is 80.5 cm³/mol. The van der Waals surface area contributed by atoms with E-state index in [9.17, 15) is 18.5 Å². The normalized spacial score (nSPS) is 13.3. The second-order valence-electron chi connectivity index (χ2n) is 5.09. The fraction of sp³-hybridized carbons (Fsp3) is 0.500. The minimum Gasteiger partial charge on any atom is -0.393 e. The Labute approximate surface area is 124 Å². The third kappa shape index (κ3) is 4.96. The molecular formula is C12H20N4O4S. The standard InChI is InChI=1S/C12H20N4O4S/c1-9(6-7-15(2)3)14-21(19,20)10-4-5-11(13)12(8-10)16(17)18/h4-5,8-9,14H,6-7,13H2,1-3H3. The first-order valence-corrected chi connectivity index (χ1v) is 7.83. The van der Waals surface area contributed by atoms with Crippen LogP contribution in [0, 0.1) is 10.1 Å². The summed E-state index contributed by atoms with van der Waals surface area (Å²) >= 11 is 0. The molecule has 1 aromatic carbocycles. The number of nitrogen functional groups attached to an aromatic ring is 1. The van der Waals surface area contributed by atoms with Crippen LogP contribution in [0.5, 0.6) is 0 Å². The summed E-state index contributed by atoms with van der Waals surface area (Å²) in [5.74, 6) is 0. The van der Waals surface area contributed by atoms with Crippen molar-refractivity contribution >= 4 is 21.4 Å². The maximum Gasteiger partial charge on any atom is 0.293 e. The molecular weight excluding hydrogens is 296 g/mol. The van der Waals surface area contributed by atoms with Gasteiger partial charge in [-0.15, -0.1) is 0 Å². The zero-order valence-corrected chi connectivity index (χ0v) is 13.1. The summed E-state index contributed by atoms with van der Waals surface area (Å²) in [6, 6.07) is 3.16. The Balaban J connectivity index is 2.93. The van der Waals surface area contributed by atoms with Gasteiger partial charge < -0.3 is 10.6 Å². The fourth-order valence-corrected chi connectivity index (χ4v) is 2.99. The Morgan fingerprint density at radius 2 is 2.05 bits per heavy atom. The van der Waals surface area contributed by atoms with Crippen LogP contribution in [0.3, 0.4) is 0 Å². The highest BCUT2D eigenvalue weighted by Gasteiger charge is 2.21. The predicted octanol–water partition coefficient (Wildman–Crippen LogP) is 0.796. The number of nitro groups is 1. The number of benzene rings is 1. The highest BCUT2D eigenvalue weighted by molar-refractivity contribution is 7.89. The number of hydrogen-bond acceptors (Lipinski definition) is 6. The van der Waals surface area contributed by atoms with Gasteiger partial charge in [-0.2, -0.15) is 0 Å². The van der Waals surface area contributed by atoms with Gasteiger partial charge in [-0.3, -0.25) is 10.1 Å². The van der Waals surface area contributed by atoms with Crippen molar-refractivity contribution in [2.75, 3.05) is 26.4 Å². The molecule has 1 rings (SSSR count). The van der Waals surface area contributed by atoms with E-state index < -0.39 is 20.6 Å². The molecule has 118 valence electrons. The van der Waals surface area contributed by atoms with Gasteiger partial charge in [-0.1, -0.05) is 0 Å². The lowest BCUT2D eigenvalue weighted by Crippen LogP contribution is -2.34. The van der Waals surface area contributed by atoms with Crippen LogP contribution in [-0.2, 0) is 10.0 Å². The highest BCUT2D eigenvalue weighted by Crippen LogP contribution is 2.24. The van der Waals surface area contributed by atoms with E-state index in [1.165, 1.54) is 12.1 Å². The van der Waals surface area contributed by atoms with Crippen molar-refractivity contribution < 1.29 is 13.3 Å². The summed E-state index contributed by atoms with van der Waals surface area (Å²) in [5, 5.41) is 10.8. The van der Waals surface area contributed by atoms with E-state index in [1.54, 1.807) is 6.92 Å². The summed E-state index contributed by atoms with van der Waals surface area (Å²) in [4.78, 5) is 11.9. The molecule has 3 N–H and O–H groups in total. The van der Waals surface area contributed by atoms with E-state index in [1.807, 2.05) is 19.0 Å². The molecule has 8 nitrogen and oxygen atoms in total. The third-order valence-corrected chi connectivity index (χ3v) is 4.46. The van der Waals surface area contributed by atoms with Crippen molar-refractivity contribution in [2.24, 2.45) is 0 Å². The van der Waals surface area contributed by atoms with Crippen LogP contribution in [0.4, 0.5) is 11.4 Å². The Kier molecular flexibility index (Phi) is 5.64. The van der Waals surface area contributed by atoms with Crippen molar-refractivity contribution in [3.8, 4) is 0 Å². The average Bonchev–Trinajstić information content (AvgIpc) is 2.35. The van der Waals surface area contributed by atoms with Crippen LogP contribution >= 0.6 is 0 Å². The first-order valence-electron chi connectivity index (χ1n) is 6.34. The maximum absolute atomic E-state index is 12.2. The van der Waals surface area contributed by atoms with Crippen molar-refractivity contribution in [3.05, 3.63) is 28.3 Å². The summed E-state index contributed by atoms with van der Waals surface area (Å²) in [6.45, 7) is 2.47. The summed E-state index contributed by atoms with van der Waals surface area (Å²) < 4.78 is 26.9. The minimum absolute atomic E-state index is 0.0698. The van der Waals surface area contributed by atoms with Gasteiger partial charge in [0.25, 0.3) is 5.69 Å². The van der Waals surface area contributed by atoms with Crippen molar-refractivity contribution in [3.63, 3.8) is 0 Å². The van der Waals surface area contributed by atoms with E-state index in [-0.39, 0.29) is 16.6 Å². The average molecular weight is 316 g/mol. The molecule has 0 heterocycles. The molecule has 9 heteroatoms. The van der Waals surface area contributed by atoms with Gasteiger partial charge in [-0.05, 0) is 46.1 Å². The van der Waals surface area contributed by atoms with E-state index in [0.717, 1.165) is 12.6 Å². The summed E-state index contributed by atoms with van der Waals surface area (Å²) in [6.07, 6.45) is 0.628. The van der Waals surface area contributed by atoms with Gasteiger partial charge in [-0.25, -0.2) is 13.1 Å². The molecule has 0 fully saturated rings. The van der Waals surface area contributed by atoms with Gasteiger partial charge in [0.15, 0.2) is 0 Å². The lowest BCUT2D eigenvalue weighted by Gasteiger charge is -2.16. The van der Waals surface area contributed by atoms with E-state index >= 15 is 0 Å². The molecule has 0 bridgehead atoms. The number of nitrogens with zero attached hydrogens (tertiary/aromatic N) is 2. The molecule has 1 unspecified atom stereocenters. The largest absolute Gasteiger partial charge is 0.393 e. The van der Waals surface area contributed by atoms with Crippen LogP contribution in [-0.4, -0.2) is 44.9 Å². The highest BCUT2D eigenvalue weighted by atomic mass is 32.2. The van der Waals surface area contributed by atoms with E-state index in [2.05, 4.69) is 4.72 Å². The topological polar surface area (TPSA) is 119 Å². The number of nitro benzene ring substituents is 1. The molecule has 0 saturated heterocycles. The fourth-order valence-electron chi connectivity index (χ4n) is 1.69. The number of rotatable bonds is 7. The van der Waals surface area contributed by atoms with Crippen LogP contribution in [0.15, 0.2) is 23.1 Å². The molecule has 0 aliphatic rings. The van der Waals surface area contributed by atoms with Crippen LogP contribution in [0.25, 0.3) is 0 Å². The van der Waals surface area contributed by atoms with Gasteiger partial charge in [0.2, 0.25) is 10.0 Å². The Morgan fingerprint density at radius 1 is 1.43 bits per heavy atom. The molecule has 1 atom stereocenters. The first-order chi connectivity index (χ1) is 9.63. The van der Waals surface area contributed by atoms with E-state index in [4.69, 9.17) is 5.73 Å². The van der Waals surface area contributed by atoms with Crippen molar-refractivity contribution in [2.45, 2.75) is 24.3 Å². The molecule has 0 aromatic heterocycles. The monoisotopic (exact) mass is 316 g/mol. The maximum atomic E-state index is 12.2. The van der Waals surface area contributed by atoms with Crippen molar-refractivity contribution in [1.29, 1.82) is 0 Å². The number of sulfonamides is 1. The molecule has 0 saturated carbocycles. The second kappa shape index (κ2) is 6.83. The van der Waals surface area contributed by atoms with Crippen LogP contribution in [0.1, 0.15) is 13.3 Å². The Morgan fingerprint density at radius 3 is 2.57 bits per heavy atom. The zero-order valence-electron chi connectivity index (χ0n) is 12.2. The summed E-state index contributed by atoms with van der Waals surface area (Å²) in [5.41, 5.74) is 4.97. The first kappa shape index (κ1) is 17.3. The molecule has 0 aliphatic heterocycles. The number of nitrogens with two attached hydrogens (primary N) is 1. The SMILES string of the molecule is CC(CCN(C)C)NS(=O)(=O)c1ccc(N)c([N+](=O)[O-])c1. The molecule has 0 amide bonds. The zero-order chi connectivity index (χ0) is 16.2. The third-order valence-electron chi connectivity index (χ3n) is 2.87.